The lowest BCUT2D eigenvalue weighted by molar-refractivity contribution is -0.122. The second-order valence-electron chi connectivity index (χ2n) is 6.56. The maximum atomic E-state index is 12.8. The Morgan fingerprint density at radius 3 is 2.80 bits per heavy atom. The van der Waals surface area contributed by atoms with E-state index in [2.05, 4.69) is 25.8 Å². The van der Waals surface area contributed by atoms with Crippen LogP contribution in [-0.4, -0.2) is 34.0 Å². The molecule has 0 radical (unpaired) electrons. The van der Waals surface area contributed by atoms with Gasteiger partial charge in [0.2, 0.25) is 0 Å². The molecule has 1 aromatic carbocycles. The number of benzene rings is 1. The van der Waals surface area contributed by atoms with E-state index in [0.29, 0.717) is 17.0 Å². The zero-order valence-corrected chi connectivity index (χ0v) is 16.7. The number of carbonyl (C=O) groups is 2. The van der Waals surface area contributed by atoms with E-state index in [0.717, 1.165) is 16.5 Å². The van der Waals surface area contributed by atoms with Crippen LogP contribution in [0.3, 0.4) is 0 Å². The van der Waals surface area contributed by atoms with Crippen LogP contribution in [0.25, 0.3) is 10.9 Å². The number of para-hydroxylation sites is 1. The number of hydrogen-bond donors (Lipinski definition) is 3. The van der Waals surface area contributed by atoms with E-state index in [1.807, 2.05) is 41.9 Å². The molecule has 2 amide bonds. The fourth-order valence-corrected chi connectivity index (χ4v) is 3.69. The number of aromatic amines is 1. The first-order chi connectivity index (χ1) is 14.7. The van der Waals surface area contributed by atoms with Gasteiger partial charge < -0.3 is 10.3 Å². The molecule has 8 heteroatoms. The summed E-state index contributed by atoms with van der Waals surface area (Å²) in [4.78, 5) is 33.3. The summed E-state index contributed by atoms with van der Waals surface area (Å²) in [6.07, 6.45) is 5.29. The fourth-order valence-electron chi connectivity index (χ4n) is 3.06. The molecule has 0 aliphatic heterocycles. The second-order valence-corrected chi connectivity index (χ2v) is 7.50. The second kappa shape index (κ2) is 9.15. The van der Waals surface area contributed by atoms with Crippen LogP contribution < -0.4 is 10.7 Å². The van der Waals surface area contributed by atoms with Gasteiger partial charge in [0, 0.05) is 29.7 Å². The zero-order chi connectivity index (χ0) is 20.8. The van der Waals surface area contributed by atoms with Gasteiger partial charge in [-0.15, -0.1) is 11.3 Å². The largest absolute Gasteiger partial charge is 0.361 e. The van der Waals surface area contributed by atoms with Crippen LogP contribution in [0.1, 0.15) is 20.9 Å². The van der Waals surface area contributed by atoms with E-state index in [1.165, 1.54) is 17.6 Å². The number of carbonyl (C=O) groups excluding carboxylic acids is 2. The SMILES string of the molecule is O=C(NC(Cc1c[nH]c2ccccc12)C(=O)N/N=C/c1ccccn1)c1cccs1. The highest BCUT2D eigenvalue weighted by molar-refractivity contribution is 7.12. The number of fused-ring (bicyclic) bond motifs is 1. The Morgan fingerprint density at radius 2 is 2.00 bits per heavy atom. The molecular formula is C22H19N5O2S. The number of nitrogens with zero attached hydrogens (tertiary/aromatic N) is 2. The summed E-state index contributed by atoms with van der Waals surface area (Å²) in [5, 5.41) is 9.64. The third kappa shape index (κ3) is 4.61. The molecule has 30 heavy (non-hydrogen) atoms. The normalized spacial score (nSPS) is 12.1. The van der Waals surface area contributed by atoms with Crippen molar-refractivity contribution >= 4 is 40.3 Å². The summed E-state index contributed by atoms with van der Waals surface area (Å²) in [6, 6.07) is 16.0. The van der Waals surface area contributed by atoms with Gasteiger partial charge >= 0.3 is 0 Å². The van der Waals surface area contributed by atoms with Gasteiger partial charge in [-0.2, -0.15) is 5.10 Å². The number of hydrogen-bond acceptors (Lipinski definition) is 5. The minimum absolute atomic E-state index is 0.293. The number of H-pyrrole nitrogens is 1. The monoisotopic (exact) mass is 417 g/mol. The van der Waals surface area contributed by atoms with Gasteiger partial charge in [0.25, 0.3) is 11.8 Å². The molecule has 150 valence electrons. The lowest BCUT2D eigenvalue weighted by Crippen LogP contribution is -2.46. The van der Waals surface area contributed by atoms with E-state index in [9.17, 15) is 9.59 Å². The number of rotatable bonds is 7. The molecule has 3 heterocycles. The molecule has 3 aromatic heterocycles. The Labute approximate surface area is 176 Å². The van der Waals surface area contributed by atoms with Crippen molar-refractivity contribution in [3.05, 3.63) is 88.5 Å². The molecule has 0 spiro atoms. The molecule has 0 aliphatic rings. The predicted molar refractivity (Wildman–Crippen MR) is 118 cm³/mol. The molecule has 0 bridgehead atoms. The van der Waals surface area contributed by atoms with Crippen molar-refractivity contribution in [2.45, 2.75) is 12.5 Å². The van der Waals surface area contributed by atoms with Crippen molar-refractivity contribution in [1.29, 1.82) is 0 Å². The maximum Gasteiger partial charge on any atom is 0.262 e. The van der Waals surface area contributed by atoms with Crippen molar-refractivity contribution in [3.63, 3.8) is 0 Å². The number of amides is 2. The highest BCUT2D eigenvalue weighted by Gasteiger charge is 2.23. The van der Waals surface area contributed by atoms with Crippen molar-refractivity contribution in [1.82, 2.24) is 20.7 Å². The van der Waals surface area contributed by atoms with Crippen molar-refractivity contribution in [2.75, 3.05) is 0 Å². The number of hydrazone groups is 1. The molecule has 0 saturated carbocycles. The van der Waals surface area contributed by atoms with Gasteiger partial charge in [-0.25, -0.2) is 5.43 Å². The molecule has 1 atom stereocenters. The Morgan fingerprint density at radius 1 is 1.13 bits per heavy atom. The van der Waals surface area contributed by atoms with Crippen LogP contribution in [0.15, 0.2) is 77.5 Å². The van der Waals surface area contributed by atoms with Crippen LogP contribution >= 0.6 is 11.3 Å². The minimum atomic E-state index is -0.792. The Balaban J connectivity index is 1.52. The first-order valence-electron chi connectivity index (χ1n) is 9.34. The van der Waals surface area contributed by atoms with Gasteiger partial charge in [-0.05, 0) is 35.2 Å². The van der Waals surface area contributed by atoms with E-state index in [4.69, 9.17) is 0 Å². The van der Waals surface area contributed by atoms with Gasteiger partial charge in [-0.1, -0.05) is 30.3 Å². The lowest BCUT2D eigenvalue weighted by Gasteiger charge is -2.16. The quantitative estimate of drug-likeness (QED) is 0.318. The van der Waals surface area contributed by atoms with Crippen LogP contribution in [0.2, 0.25) is 0 Å². The van der Waals surface area contributed by atoms with Gasteiger partial charge in [0.15, 0.2) is 0 Å². The van der Waals surface area contributed by atoms with E-state index < -0.39 is 11.9 Å². The molecule has 7 nitrogen and oxygen atoms in total. The van der Waals surface area contributed by atoms with Gasteiger partial charge in [0.05, 0.1) is 16.8 Å². The Hall–Kier alpha value is -3.78. The van der Waals surface area contributed by atoms with Gasteiger partial charge in [0.1, 0.15) is 6.04 Å². The molecule has 0 fully saturated rings. The fraction of sp³-hybridized carbons (Fsp3) is 0.0909. The number of thiophene rings is 1. The smallest absolute Gasteiger partial charge is 0.262 e. The van der Waals surface area contributed by atoms with Crippen molar-refractivity contribution in [3.8, 4) is 0 Å². The van der Waals surface area contributed by atoms with E-state index in [1.54, 1.807) is 30.5 Å². The summed E-state index contributed by atoms with van der Waals surface area (Å²) >= 11 is 1.32. The summed E-state index contributed by atoms with van der Waals surface area (Å²) in [7, 11) is 0. The van der Waals surface area contributed by atoms with Crippen LogP contribution in [0.5, 0.6) is 0 Å². The standard InChI is InChI=1S/C22H19N5O2S/c28-21(27-25-14-16-6-3-4-10-23-16)19(26-22(29)20-9-5-11-30-20)12-15-13-24-18-8-2-1-7-17(15)18/h1-11,13-14,19,24H,12H2,(H,26,29)(H,27,28)/b25-14+. The third-order valence-corrected chi connectivity index (χ3v) is 5.39. The lowest BCUT2D eigenvalue weighted by atomic mass is 10.0. The first-order valence-corrected chi connectivity index (χ1v) is 10.2. The summed E-state index contributed by atoms with van der Waals surface area (Å²) in [6.45, 7) is 0. The maximum absolute atomic E-state index is 12.8. The summed E-state index contributed by atoms with van der Waals surface area (Å²) in [5.41, 5.74) is 5.04. The zero-order valence-electron chi connectivity index (χ0n) is 15.9. The summed E-state index contributed by atoms with van der Waals surface area (Å²) < 4.78 is 0. The number of aromatic nitrogens is 2. The minimum Gasteiger partial charge on any atom is -0.361 e. The van der Waals surface area contributed by atoms with Crippen molar-refractivity contribution < 1.29 is 9.59 Å². The van der Waals surface area contributed by atoms with E-state index in [-0.39, 0.29) is 5.91 Å². The molecule has 0 saturated heterocycles. The van der Waals surface area contributed by atoms with E-state index >= 15 is 0 Å². The Kier molecular flexibility index (Phi) is 5.95. The van der Waals surface area contributed by atoms with Gasteiger partial charge in [-0.3, -0.25) is 14.6 Å². The predicted octanol–water partition coefficient (Wildman–Crippen LogP) is 3.12. The number of pyridine rings is 1. The van der Waals surface area contributed by atoms with Crippen molar-refractivity contribution in [2.24, 2.45) is 5.10 Å². The van der Waals surface area contributed by atoms with Crippen LogP contribution in [0.4, 0.5) is 0 Å². The Bertz CT molecular complexity index is 1170. The molecule has 1 unspecified atom stereocenters. The highest BCUT2D eigenvalue weighted by Crippen LogP contribution is 2.19. The highest BCUT2D eigenvalue weighted by atomic mass is 32.1. The van der Waals surface area contributed by atoms with Crippen LogP contribution in [-0.2, 0) is 11.2 Å². The first kappa shape index (κ1) is 19.5. The average Bonchev–Trinajstić information content (AvgIpc) is 3.45. The molecular weight excluding hydrogens is 398 g/mol. The summed E-state index contributed by atoms with van der Waals surface area (Å²) in [5.74, 6) is -0.698. The van der Waals surface area contributed by atoms with Crippen LogP contribution in [0, 0.1) is 0 Å². The third-order valence-electron chi connectivity index (χ3n) is 4.53. The molecule has 3 N–H and O–H groups in total. The molecule has 4 rings (SSSR count). The topological polar surface area (TPSA) is 99.2 Å². The number of nitrogens with one attached hydrogen (secondary N) is 3. The molecule has 4 aromatic rings. The average molecular weight is 417 g/mol. The molecule has 0 aliphatic carbocycles.